The quantitative estimate of drug-likeness (QED) is 0.889. The molecule has 0 saturated heterocycles. The number of hydrogen-bond acceptors (Lipinski definition) is 5. The van der Waals surface area contributed by atoms with Crippen molar-refractivity contribution in [2.75, 3.05) is 11.9 Å². The van der Waals surface area contributed by atoms with E-state index in [4.69, 9.17) is 9.26 Å². The SMILES string of the molecule is CC(NCc1ccon1)c1ccc2c(c1)NC(=O)CO2. The van der Waals surface area contributed by atoms with Crippen molar-refractivity contribution in [2.24, 2.45) is 0 Å². The summed E-state index contributed by atoms with van der Waals surface area (Å²) in [7, 11) is 0. The third kappa shape index (κ3) is 2.65. The summed E-state index contributed by atoms with van der Waals surface area (Å²) >= 11 is 0. The molecule has 20 heavy (non-hydrogen) atoms. The van der Waals surface area contributed by atoms with Crippen LogP contribution in [0.2, 0.25) is 0 Å². The van der Waals surface area contributed by atoms with E-state index < -0.39 is 0 Å². The summed E-state index contributed by atoms with van der Waals surface area (Å²) in [5.41, 5.74) is 2.64. The number of anilines is 1. The Bertz CT molecular complexity index is 610. The van der Waals surface area contributed by atoms with E-state index in [1.165, 1.54) is 0 Å². The zero-order chi connectivity index (χ0) is 13.9. The van der Waals surface area contributed by atoms with Crippen LogP contribution in [0.15, 0.2) is 35.1 Å². The van der Waals surface area contributed by atoms with Gasteiger partial charge in [-0.05, 0) is 24.6 Å². The van der Waals surface area contributed by atoms with Gasteiger partial charge in [0.05, 0.1) is 11.4 Å². The molecule has 0 fully saturated rings. The second-order valence-electron chi connectivity index (χ2n) is 4.69. The van der Waals surface area contributed by atoms with Crippen molar-refractivity contribution in [3.63, 3.8) is 0 Å². The predicted octanol–water partition coefficient (Wildman–Crippen LogP) is 1.86. The van der Waals surface area contributed by atoms with Crippen LogP contribution in [0.5, 0.6) is 5.75 Å². The molecule has 2 heterocycles. The predicted molar refractivity (Wildman–Crippen MR) is 72.3 cm³/mol. The van der Waals surface area contributed by atoms with E-state index in [0.29, 0.717) is 18.0 Å². The van der Waals surface area contributed by atoms with E-state index in [-0.39, 0.29) is 18.6 Å². The Kier molecular flexibility index (Phi) is 3.39. The average Bonchev–Trinajstić information content (AvgIpc) is 2.97. The molecule has 0 spiro atoms. The Labute approximate surface area is 116 Å². The minimum absolute atomic E-state index is 0.0757. The lowest BCUT2D eigenvalue weighted by Crippen LogP contribution is -2.26. The summed E-state index contributed by atoms with van der Waals surface area (Å²) in [6.07, 6.45) is 1.55. The lowest BCUT2D eigenvalue weighted by molar-refractivity contribution is -0.118. The van der Waals surface area contributed by atoms with Crippen LogP contribution < -0.4 is 15.4 Å². The van der Waals surface area contributed by atoms with Crippen molar-refractivity contribution in [3.05, 3.63) is 41.8 Å². The fourth-order valence-electron chi connectivity index (χ4n) is 2.07. The Morgan fingerprint density at radius 2 is 2.35 bits per heavy atom. The summed E-state index contributed by atoms with van der Waals surface area (Å²) in [4.78, 5) is 11.3. The molecule has 1 aliphatic rings. The van der Waals surface area contributed by atoms with Gasteiger partial charge in [-0.1, -0.05) is 11.2 Å². The Morgan fingerprint density at radius 3 is 3.15 bits per heavy atom. The third-order valence-corrected chi connectivity index (χ3v) is 3.22. The number of hydrogen-bond donors (Lipinski definition) is 2. The Morgan fingerprint density at radius 1 is 1.45 bits per heavy atom. The van der Waals surface area contributed by atoms with Crippen LogP contribution >= 0.6 is 0 Å². The number of aromatic nitrogens is 1. The molecule has 1 atom stereocenters. The molecule has 0 aliphatic carbocycles. The van der Waals surface area contributed by atoms with Crippen molar-refractivity contribution in [2.45, 2.75) is 19.5 Å². The van der Waals surface area contributed by atoms with Gasteiger partial charge in [-0.15, -0.1) is 0 Å². The standard InChI is InChI=1S/C14H15N3O3/c1-9(15-7-11-4-5-20-17-11)10-2-3-13-12(6-10)16-14(18)8-19-13/h2-6,9,15H,7-8H2,1H3,(H,16,18). The van der Waals surface area contributed by atoms with Gasteiger partial charge < -0.3 is 19.9 Å². The number of ether oxygens (including phenoxy) is 1. The first-order chi connectivity index (χ1) is 9.72. The third-order valence-electron chi connectivity index (χ3n) is 3.22. The fourth-order valence-corrected chi connectivity index (χ4v) is 2.07. The molecule has 3 rings (SSSR count). The fraction of sp³-hybridized carbons (Fsp3) is 0.286. The van der Waals surface area contributed by atoms with E-state index in [0.717, 1.165) is 11.3 Å². The van der Waals surface area contributed by atoms with Crippen molar-refractivity contribution in [3.8, 4) is 5.75 Å². The molecule has 1 aliphatic heterocycles. The topological polar surface area (TPSA) is 76.4 Å². The molecule has 6 nitrogen and oxygen atoms in total. The summed E-state index contributed by atoms with van der Waals surface area (Å²) in [5.74, 6) is 0.579. The molecular weight excluding hydrogens is 258 g/mol. The van der Waals surface area contributed by atoms with Gasteiger partial charge in [0, 0.05) is 18.7 Å². The van der Waals surface area contributed by atoms with Gasteiger partial charge in [0.25, 0.3) is 5.91 Å². The highest BCUT2D eigenvalue weighted by atomic mass is 16.5. The van der Waals surface area contributed by atoms with E-state index in [2.05, 4.69) is 15.8 Å². The first kappa shape index (κ1) is 12.7. The molecule has 0 radical (unpaired) electrons. The number of nitrogens with one attached hydrogen (secondary N) is 2. The van der Waals surface area contributed by atoms with Crippen LogP contribution in [-0.2, 0) is 11.3 Å². The smallest absolute Gasteiger partial charge is 0.262 e. The first-order valence-electron chi connectivity index (χ1n) is 6.41. The van der Waals surface area contributed by atoms with Gasteiger partial charge in [0.2, 0.25) is 0 Å². The summed E-state index contributed by atoms with van der Waals surface area (Å²) < 4.78 is 10.1. The lowest BCUT2D eigenvalue weighted by atomic mass is 10.1. The van der Waals surface area contributed by atoms with Crippen molar-refractivity contribution in [1.29, 1.82) is 0 Å². The highest BCUT2D eigenvalue weighted by molar-refractivity contribution is 5.95. The minimum Gasteiger partial charge on any atom is -0.482 e. The van der Waals surface area contributed by atoms with Crippen LogP contribution in [0.4, 0.5) is 5.69 Å². The number of carbonyl (C=O) groups is 1. The van der Waals surface area contributed by atoms with E-state index in [9.17, 15) is 4.79 Å². The minimum atomic E-state index is -0.127. The van der Waals surface area contributed by atoms with Gasteiger partial charge >= 0.3 is 0 Å². The van der Waals surface area contributed by atoms with Crippen molar-refractivity contribution in [1.82, 2.24) is 10.5 Å². The number of amides is 1. The van der Waals surface area contributed by atoms with E-state index in [1.54, 1.807) is 6.26 Å². The van der Waals surface area contributed by atoms with E-state index in [1.807, 2.05) is 31.2 Å². The summed E-state index contributed by atoms with van der Waals surface area (Å²) in [6, 6.07) is 7.72. The maximum Gasteiger partial charge on any atom is 0.262 e. The Hall–Kier alpha value is -2.34. The molecule has 2 aromatic rings. The van der Waals surface area contributed by atoms with E-state index >= 15 is 0 Å². The van der Waals surface area contributed by atoms with Gasteiger partial charge in [-0.25, -0.2) is 0 Å². The van der Waals surface area contributed by atoms with Crippen LogP contribution in [0.25, 0.3) is 0 Å². The maximum atomic E-state index is 11.3. The zero-order valence-corrected chi connectivity index (χ0v) is 11.1. The Balaban J connectivity index is 1.70. The highest BCUT2D eigenvalue weighted by Gasteiger charge is 2.17. The number of carbonyl (C=O) groups excluding carboxylic acids is 1. The normalized spacial score (nSPS) is 15.2. The summed E-state index contributed by atoms with van der Waals surface area (Å²) in [5, 5.41) is 10.00. The number of rotatable bonds is 4. The largest absolute Gasteiger partial charge is 0.482 e. The molecule has 0 bridgehead atoms. The molecule has 1 aromatic heterocycles. The second kappa shape index (κ2) is 5.34. The molecule has 1 aromatic carbocycles. The monoisotopic (exact) mass is 273 g/mol. The van der Waals surface area contributed by atoms with Crippen molar-refractivity contribution < 1.29 is 14.1 Å². The zero-order valence-electron chi connectivity index (χ0n) is 11.1. The first-order valence-corrected chi connectivity index (χ1v) is 6.41. The van der Waals surface area contributed by atoms with Crippen LogP contribution in [0.3, 0.4) is 0 Å². The van der Waals surface area contributed by atoms with Crippen LogP contribution in [-0.4, -0.2) is 17.7 Å². The molecule has 104 valence electrons. The second-order valence-corrected chi connectivity index (χ2v) is 4.69. The number of benzene rings is 1. The van der Waals surface area contributed by atoms with Gasteiger partial charge in [-0.2, -0.15) is 0 Å². The molecule has 1 unspecified atom stereocenters. The van der Waals surface area contributed by atoms with Crippen molar-refractivity contribution >= 4 is 11.6 Å². The van der Waals surface area contributed by atoms with Crippen LogP contribution in [0, 0.1) is 0 Å². The molecular formula is C14H15N3O3. The number of fused-ring (bicyclic) bond motifs is 1. The molecule has 2 N–H and O–H groups in total. The van der Waals surface area contributed by atoms with Gasteiger partial charge in [0.15, 0.2) is 6.61 Å². The molecule has 1 amide bonds. The average molecular weight is 273 g/mol. The van der Waals surface area contributed by atoms with Gasteiger partial charge in [-0.3, -0.25) is 4.79 Å². The van der Waals surface area contributed by atoms with Gasteiger partial charge in [0.1, 0.15) is 12.0 Å². The lowest BCUT2D eigenvalue weighted by Gasteiger charge is -2.20. The molecule has 6 heteroatoms. The maximum absolute atomic E-state index is 11.3. The van der Waals surface area contributed by atoms with Crippen LogP contribution in [0.1, 0.15) is 24.2 Å². The number of nitrogens with zero attached hydrogens (tertiary/aromatic N) is 1. The highest BCUT2D eigenvalue weighted by Crippen LogP contribution is 2.30. The summed E-state index contributed by atoms with van der Waals surface area (Å²) in [6.45, 7) is 2.75. The molecule has 0 saturated carbocycles.